The van der Waals surface area contributed by atoms with Gasteiger partial charge in [0.2, 0.25) is 0 Å². The van der Waals surface area contributed by atoms with Crippen LogP contribution in [0.3, 0.4) is 0 Å². The molecule has 2 aliphatic rings. The molecule has 0 aromatic heterocycles. The van der Waals surface area contributed by atoms with Gasteiger partial charge < -0.3 is 0 Å². The van der Waals surface area contributed by atoms with E-state index < -0.39 is 11.3 Å². The van der Waals surface area contributed by atoms with Crippen LogP contribution in [-0.4, -0.2) is 28.9 Å². The number of hydrogen-bond donors (Lipinski definition) is 0. The molecule has 0 radical (unpaired) electrons. The quantitative estimate of drug-likeness (QED) is 0.694. The Kier molecular flexibility index (Phi) is 3.99. The highest BCUT2D eigenvalue weighted by molar-refractivity contribution is 5.12. The first-order valence-corrected chi connectivity index (χ1v) is 8.15. The molecule has 3 heteroatoms. The normalized spacial score (nSPS) is 36.1. The predicted octanol–water partition coefficient (Wildman–Crippen LogP) is 4.96. The maximum Gasteiger partial charge on any atom is 0.254 e. The highest BCUT2D eigenvalue weighted by Gasteiger charge is 2.70. The topological polar surface area (TPSA) is 3.24 Å². The second kappa shape index (κ2) is 4.93. The van der Waals surface area contributed by atoms with E-state index in [-0.39, 0.29) is 12.0 Å². The van der Waals surface area contributed by atoms with Crippen LogP contribution in [0.4, 0.5) is 8.78 Å². The maximum absolute atomic E-state index is 13.7. The number of hydrogen-bond acceptors (Lipinski definition) is 1. The van der Waals surface area contributed by atoms with Gasteiger partial charge in [0, 0.05) is 23.4 Å². The van der Waals surface area contributed by atoms with Crippen molar-refractivity contribution in [1.82, 2.24) is 4.90 Å². The van der Waals surface area contributed by atoms with Crippen LogP contribution in [0.1, 0.15) is 67.2 Å². The van der Waals surface area contributed by atoms with E-state index in [1.165, 1.54) is 0 Å². The standard InChI is InChI=1S/C17H31F2N/c1-12(2)13(3)14-7-8-16(11-17(16,18)19)9-10-20(14)15(4,5)6/h12-14H,7-11H2,1-6H3. The van der Waals surface area contributed by atoms with E-state index in [1.807, 2.05) is 0 Å². The van der Waals surface area contributed by atoms with Crippen LogP contribution in [0.15, 0.2) is 0 Å². The van der Waals surface area contributed by atoms with Crippen molar-refractivity contribution in [3.63, 3.8) is 0 Å². The van der Waals surface area contributed by atoms with Crippen LogP contribution in [0.25, 0.3) is 0 Å². The van der Waals surface area contributed by atoms with Gasteiger partial charge in [-0.2, -0.15) is 0 Å². The van der Waals surface area contributed by atoms with Gasteiger partial charge in [-0.15, -0.1) is 0 Å². The van der Waals surface area contributed by atoms with Gasteiger partial charge in [-0.25, -0.2) is 8.78 Å². The minimum atomic E-state index is -2.40. The molecular formula is C17H31F2N. The van der Waals surface area contributed by atoms with Crippen molar-refractivity contribution in [2.75, 3.05) is 6.54 Å². The third kappa shape index (κ3) is 2.75. The minimum Gasteiger partial charge on any atom is -0.295 e. The molecule has 1 aliphatic heterocycles. The summed E-state index contributed by atoms with van der Waals surface area (Å²) < 4.78 is 27.5. The molecule has 0 aromatic carbocycles. The van der Waals surface area contributed by atoms with Crippen LogP contribution in [0.5, 0.6) is 0 Å². The summed E-state index contributed by atoms with van der Waals surface area (Å²) in [6.07, 6.45) is 2.42. The molecule has 118 valence electrons. The Balaban J connectivity index is 2.20. The number of alkyl halides is 2. The molecule has 2 fully saturated rings. The second-order valence-corrected chi connectivity index (χ2v) is 8.48. The summed E-state index contributed by atoms with van der Waals surface area (Å²) in [5, 5.41) is 0. The van der Waals surface area contributed by atoms with Crippen LogP contribution in [-0.2, 0) is 0 Å². The molecule has 3 unspecified atom stereocenters. The van der Waals surface area contributed by atoms with Gasteiger partial charge in [-0.05, 0) is 58.4 Å². The first-order chi connectivity index (χ1) is 9.00. The van der Waals surface area contributed by atoms with E-state index in [0.29, 0.717) is 30.7 Å². The Morgan fingerprint density at radius 1 is 1.10 bits per heavy atom. The molecule has 2 rings (SSSR count). The van der Waals surface area contributed by atoms with Crippen LogP contribution in [0.2, 0.25) is 0 Å². The average molecular weight is 287 g/mol. The zero-order chi connectivity index (χ0) is 15.3. The van der Waals surface area contributed by atoms with Crippen molar-refractivity contribution in [2.45, 2.75) is 84.7 Å². The summed E-state index contributed by atoms with van der Waals surface area (Å²) in [5.41, 5.74) is -0.606. The monoisotopic (exact) mass is 287 g/mol. The Bertz CT molecular complexity index is 358. The lowest BCUT2D eigenvalue weighted by atomic mass is 9.84. The fourth-order valence-corrected chi connectivity index (χ4v) is 3.95. The predicted molar refractivity (Wildman–Crippen MR) is 80.1 cm³/mol. The van der Waals surface area contributed by atoms with Crippen molar-refractivity contribution in [1.29, 1.82) is 0 Å². The molecule has 1 heterocycles. The molecule has 1 nitrogen and oxygen atoms in total. The van der Waals surface area contributed by atoms with E-state index in [4.69, 9.17) is 0 Å². The lowest BCUT2D eigenvalue weighted by Gasteiger charge is -2.44. The molecule has 1 aliphatic carbocycles. The molecule has 0 amide bonds. The van der Waals surface area contributed by atoms with E-state index in [1.54, 1.807) is 0 Å². The van der Waals surface area contributed by atoms with E-state index in [2.05, 4.69) is 46.4 Å². The van der Waals surface area contributed by atoms with Crippen molar-refractivity contribution < 1.29 is 8.78 Å². The summed E-state index contributed by atoms with van der Waals surface area (Å²) >= 11 is 0. The summed E-state index contributed by atoms with van der Waals surface area (Å²) in [4.78, 5) is 2.50. The number of nitrogens with zero attached hydrogens (tertiary/aromatic N) is 1. The highest BCUT2D eigenvalue weighted by Crippen LogP contribution is 2.66. The molecule has 0 N–H and O–H groups in total. The van der Waals surface area contributed by atoms with Gasteiger partial charge in [0.25, 0.3) is 5.92 Å². The first kappa shape index (κ1) is 16.2. The number of rotatable bonds is 2. The fourth-order valence-electron chi connectivity index (χ4n) is 3.95. The lowest BCUT2D eigenvalue weighted by molar-refractivity contribution is 0.0391. The zero-order valence-corrected chi connectivity index (χ0v) is 14.0. The van der Waals surface area contributed by atoms with Crippen molar-refractivity contribution in [2.24, 2.45) is 17.3 Å². The maximum atomic E-state index is 13.7. The average Bonchev–Trinajstić information content (AvgIpc) is 2.89. The number of likely N-dealkylation sites (tertiary alicyclic amines) is 1. The van der Waals surface area contributed by atoms with E-state index >= 15 is 0 Å². The molecule has 1 saturated heterocycles. The van der Waals surface area contributed by atoms with Gasteiger partial charge in [-0.1, -0.05) is 20.8 Å². The van der Waals surface area contributed by atoms with Gasteiger partial charge in [0.05, 0.1) is 0 Å². The third-order valence-corrected chi connectivity index (χ3v) is 5.88. The van der Waals surface area contributed by atoms with Gasteiger partial charge >= 0.3 is 0 Å². The third-order valence-electron chi connectivity index (χ3n) is 5.88. The lowest BCUT2D eigenvalue weighted by Crippen LogP contribution is -2.51. The summed E-state index contributed by atoms with van der Waals surface area (Å²) in [6, 6.07) is 0.436. The Hall–Kier alpha value is -0.180. The first-order valence-electron chi connectivity index (χ1n) is 8.15. The minimum absolute atomic E-state index is 0.0590. The van der Waals surface area contributed by atoms with Gasteiger partial charge in [0.1, 0.15) is 0 Å². The fraction of sp³-hybridized carbons (Fsp3) is 1.00. The Labute approximate surface area is 123 Å². The van der Waals surface area contributed by atoms with E-state index in [0.717, 1.165) is 13.0 Å². The van der Waals surface area contributed by atoms with Gasteiger partial charge in [0.15, 0.2) is 0 Å². The molecular weight excluding hydrogens is 256 g/mol. The molecule has 1 saturated carbocycles. The van der Waals surface area contributed by atoms with Crippen molar-refractivity contribution in [3.8, 4) is 0 Å². The molecule has 3 atom stereocenters. The van der Waals surface area contributed by atoms with Crippen LogP contribution < -0.4 is 0 Å². The summed E-state index contributed by atoms with van der Waals surface area (Å²) in [7, 11) is 0. The van der Waals surface area contributed by atoms with Crippen LogP contribution in [0, 0.1) is 17.3 Å². The Morgan fingerprint density at radius 2 is 1.65 bits per heavy atom. The molecule has 0 aromatic rings. The Morgan fingerprint density at radius 3 is 2.05 bits per heavy atom. The SMILES string of the molecule is CC(C)C(C)C1CCC2(CCN1C(C)(C)C)CC2(F)F. The smallest absolute Gasteiger partial charge is 0.254 e. The zero-order valence-electron chi connectivity index (χ0n) is 14.0. The summed E-state index contributed by atoms with van der Waals surface area (Å²) in [6.45, 7) is 14.3. The van der Waals surface area contributed by atoms with Crippen LogP contribution >= 0.6 is 0 Å². The van der Waals surface area contributed by atoms with Crippen molar-refractivity contribution >= 4 is 0 Å². The number of halogens is 2. The van der Waals surface area contributed by atoms with Crippen molar-refractivity contribution in [3.05, 3.63) is 0 Å². The molecule has 1 spiro atoms. The van der Waals surface area contributed by atoms with E-state index in [9.17, 15) is 8.78 Å². The highest BCUT2D eigenvalue weighted by atomic mass is 19.3. The molecule has 20 heavy (non-hydrogen) atoms. The largest absolute Gasteiger partial charge is 0.295 e. The molecule has 0 bridgehead atoms. The summed E-state index contributed by atoms with van der Waals surface area (Å²) in [5.74, 6) is -1.25. The van der Waals surface area contributed by atoms with Gasteiger partial charge in [-0.3, -0.25) is 4.90 Å². The second-order valence-electron chi connectivity index (χ2n) is 8.48.